The van der Waals surface area contributed by atoms with Crippen LogP contribution in [0.5, 0.6) is 0 Å². The Balaban J connectivity index is 1.79. The number of nitrogens with zero attached hydrogens (tertiary/aromatic N) is 1. The topological polar surface area (TPSA) is 66.8 Å². The van der Waals surface area contributed by atoms with Gasteiger partial charge in [-0.15, -0.1) is 0 Å². The van der Waals surface area contributed by atoms with Gasteiger partial charge in [0.05, 0.1) is 24.0 Å². The van der Waals surface area contributed by atoms with Crippen LogP contribution in [-0.4, -0.2) is 34.2 Å². The average Bonchev–Trinajstić information content (AvgIpc) is 2.71. The average molecular weight is 309 g/mol. The van der Waals surface area contributed by atoms with Crippen molar-refractivity contribution < 1.29 is 19.5 Å². The van der Waals surface area contributed by atoms with Gasteiger partial charge >= 0.3 is 5.97 Å². The third kappa shape index (κ3) is 2.75. The molecule has 2 aliphatic carbocycles. The zero-order valence-corrected chi connectivity index (χ0v) is 13.3. The minimum atomic E-state index is -0.878. The second kappa shape index (κ2) is 6.19. The fourth-order valence-corrected chi connectivity index (χ4v) is 4.84. The van der Waals surface area contributed by atoms with Crippen LogP contribution in [0.3, 0.4) is 0 Å². The predicted octanol–water partition coefficient (Wildman–Crippen LogP) is 3.28. The van der Waals surface area contributed by atoms with E-state index < -0.39 is 5.97 Å². The Kier molecular flexibility index (Phi) is 4.44. The first-order valence-corrected chi connectivity index (χ1v) is 8.78. The van der Waals surface area contributed by atoms with Gasteiger partial charge in [-0.1, -0.05) is 38.5 Å². The van der Waals surface area contributed by atoms with Crippen molar-refractivity contribution in [1.82, 2.24) is 5.06 Å². The number of amides is 1. The van der Waals surface area contributed by atoms with Crippen molar-refractivity contribution in [3.05, 3.63) is 0 Å². The lowest BCUT2D eigenvalue weighted by atomic mass is 9.67. The summed E-state index contributed by atoms with van der Waals surface area (Å²) >= 11 is 0. The number of hydroxylamine groups is 2. The molecule has 0 aromatic rings. The van der Waals surface area contributed by atoms with Crippen LogP contribution in [0.25, 0.3) is 0 Å². The van der Waals surface area contributed by atoms with Crippen LogP contribution in [0.1, 0.15) is 77.0 Å². The van der Waals surface area contributed by atoms with Crippen LogP contribution in [0.15, 0.2) is 0 Å². The number of aliphatic carboxylic acids is 1. The van der Waals surface area contributed by atoms with Crippen molar-refractivity contribution in [2.24, 2.45) is 5.41 Å². The van der Waals surface area contributed by atoms with Crippen molar-refractivity contribution >= 4 is 11.9 Å². The summed E-state index contributed by atoms with van der Waals surface area (Å²) in [7, 11) is 0. The normalized spacial score (nSPS) is 26.7. The van der Waals surface area contributed by atoms with Crippen LogP contribution in [0.4, 0.5) is 0 Å². The maximum absolute atomic E-state index is 13.1. The molecule has 1 saturated heterocycles. The quantitative estimate of drug-likeness (QED) is 0.865. The summed E-state index contributed by atoms with van der Waals surface area (Å²) in [4.78, 5) is 29.6. The Morgan fingerprint density at radius 1 is 1.05 bits per heavy atom. The fraction of sp³-hybridized carbons (Fsp3) is 0.882. The predicted molar refractivity (Wildman–Crippen MR) is 81.0 cm³/mol. The number of carboxylic acid groups (broad SMARTS) is 1. The molecule has 0 bridgehead atoms. The van der Waals surface area contributed by atoms with Gasteiger partial charge in [0.25, 0.3) is 5.91 Å². The molecule has 5 nitrogen and oxygen atoms in total. The molecule has 0 unspecified atom stereocenters. The molecule has 2 spiro atoms. The van der Waals surface area contributed by atoms with Gasteiger partial charge < -0.3 is 5.11 Å². The largest absolute Gasteiger partial charge is 0.481 e. The van der Waals surface area contributed by atoms with Crippen LogP contribution < -0.4 is 0 Å². The van der Waals surface area contributed by atoms with Gasteiger partial charge in [0, 0.05) is 0 Å². The van der Waals surface area contributed by atoms with Gasteiger partial charge in [0.15, 0.2) is 0 Å². The van der Waals surface area contributed by atoms with Crippen LogP contribution in [-0.2, 0) is 14.4 Å². The number of carboxylic acids is 1. The Bertz CT molecular complexity index is 436. The molecule has 0 radical (unpaired) electrons. The van der Waals surface area contributed by atoms with Gasteiger partial charge in [-0.3, -0.25) is 14.4 Å². The lowest BCUT2D eigenvalue weighted by Gasteiger charge is -2.40. The molecule has 1 heterocycles. The monoisotopic (exact) mass is 309 g/mol. The van der Waals surface area contributed by atoms with E-state index in [1.165, 1.54) is 12.8 Å². The Morgan fingerprint density at radius 2 is 1.64 bits per heavy atom. The number of carbonyl (C=O) groups excluding carboxylic acids is 1. The summed E-state index contributed by atoms with van der Waals surface area (Å²) in [5.41, 5.74) is -0.385. The lowest BCUT2D eigenvalue weighted by molar-refractivity contribution is -0.217. The van der Waals surface area contributed by atoms with E-state index in [4.69, 9.17) is 9.94 Å². The molecule has 0 aromatic carbocycles. The van der Waals surface area contributed by atoms with Crippen LogP contribution in [0, 0.1) is 5.41 Å². The molecule has 1 N–H and O–H groups in total. The van der Waals surface area contributed by atoms with E-state index in [2.05, 4.69) is 0 Å². The first-order chi connectivity index (χ1) is 10.6. The molecule has 3 aliphatic rings. The maximum Gasteiger partial charge on any atom is 0.305 e. The van der Waals surface area contributed by atoms with Crippen molar-refractivity contribution in [3.8, 4) is 0 Å². The maximum atomic E-state index is 13.1. The van der Waals surface area contributed by atoms with Crippen molar-refractivity contribution in [3.63, 3.8) is 0 Å². The number of rotatable bonds is 4. The zero-order chi connectivity index (χ0) is 15.6. The lowest BCUT2D eigenvalue weighted by Crippen LogP contribution is -2.47. The molecule has 1 aliphatic heterocycles. The highest BCUT2D eigenvalue weighted by Gasteiger charge is 2.59. The second-order valence-electron chi connectivity index (χ2n) is 7.38. The van der Waals surface area contributed by atoms with E-state index in [1.807, 2.05) is 0 Å². The third-order valence-corrected chi connectivity index (χ3v) is 5.87. The summed E-state index contributed by atoms with van der Waals surface area (Å²) in [5.74, 6) is -0.740. The number of carbonyl (C=O) groups is 2. The van der Waals surface area contributed by atoms with E-state index in [9.17, 15) is 9.59 Å². The standard InChI is InChI=1S/C17H27NO4/c19-14(20)7-12-22-18-15(21)16(8-3-1-4-9-16)13-17(18)10-5-2-6-11-17/h1-13H2,(H,19,20). The number of hydrogen-bond acceptors (Lipinski definition) is 3. The Labute approximate surface area is 132 Å². The molecule has 0 aromatic heterocycles. The van der Waals surface area contributed by atoms with Gasteiger partial charge in [-0.2, -0.15) is 0 Å². The molecule has 124 valence electrons. The molecule has 3 fully saturated rings. The molecule has 1 amide bonds. The Morgan fingerprint density at radius 3 is 2.23 bits per heavy atom. The summed E-state index contributed by atoms with van der Waals surface area (Å²) in [6.07, 6.45) is 11.8. The van der Waals surface area contributed by atoms with Crippen molar-refractivity contribution in [2.75, 3.05) is 6.61 Å². The van der Waals surface area contributed by atoms with Gasteiger partial charge in [-0.05, 0) is 32.1 Å². The molecular weight excluding hydrogens is 282 g/mol. The molecule has 22 heavy (non-hydrogen) atoms. The molecule has 3 rings (SSSR count). The SMILES string of the molecule is O=C(O)CCON1C(=O)C2(CCCCC2)CC12CCCCC2. The van der Waals surface area contributed by atoms with Crippen molar-refractivity contribution in [2.45, 2.75) is 82.6 Å². The van der Waals surface area contributed by atoms with Gasteiger partial charge in [0.1, 0.15) is 0 Å². The zero-order valence-electron chi connectivity index (χ0n) is 13.3. The molecular formula is C17H27NO4. The van der Waals surface area contributed by atoms with E-state index in [1.54, 1.807) is 5.06 Å². The van der Waals surface area contributed by atoms with Crippen molar-refractivity contribution in [1.29, 1.82) is 0 Å². The highest BCUT2D eigenvalue weighted by atomic mass is 16.7. The highest BCUT2D eigenvalue weighted by molar-refractivity contribution is 5.85. The minimum absolute atomic E-state index is 0.0488. The molecule has 5 heteroatoms. The van der Waals surface area contributed by atoms with E-state index in [0.717, 1.165) is 57.8 Å². The summed E-state index contributed by atoms with van der Waals surface area (Å²) in [5, 5.41) is 10.5. The summed E-state index contributed by atoms with van der Waals surface area (Å²) in [6, 6.07) is 0. The first-order valence-electron chi connectivity index (χ1n) is 8.78. The molecule has 0 atom stereocenters. The van der Waals surface area contributed by atoms with E-state index in [0.29, 0.717) is 0 Å². The second-order valence-corrected chi connectivity index (χ2v) is 7.38. The van der Waals surface area contributed by atoms with Crippen LogP contribution in [0.2, 0.25) is 0 Å². The van der Waals surface area contributed by atoms with E-state index >= 15 is 0 Å². The smallest absolute Gasteiger partial charge is 0.305 e. The van der Waals surface area contributed by atoms with Gasteiger partial charge in [-0.25, -0.2) is 5.06 Å². The minimum Gasteiger partial charge on any atom is -0.481 e. The van der Waals surface area contributed by atoms with Gasteiger partial charge in [0.2, 0.25) is 0 Å². The van der Waals surface area contributed by atoms with E-state index in [-0.39, 0.29) is 29.9 Å². The highest BCUT2D eigenvalue weighted by Crippen LogP contribution is 2.55. The fourth-order valence-electron chi connectivity index (χ4n) is 4.84. The molecule has 2 saturated carbocycles. The summed E-state index contributed by atoms with van der Waals surface area (Å²) < 4.78 is 0. The summed E-state index contributed by atoms with van der Waals surface area (Å²) in [6.45, 7) is 0.0961. The number of hydrogen-bond donors (Lipinski definition) is 1. The third-order valence-electron chi connectivity index (χ3n) is 5.87. The Hall–Kier alpha value is -1.10. The van der Waals surface area contributed by atoms with Crippen LogP contribution >= 0.6 is 0 Å². The first kappa shape index (κ1) is 15.8.